The van der Waals surface area contributed by atoms with E-state index in [-0.39, 0.29) is 6.09 Å². The molecule has 1 saturated heterocycles. The Morgan fingerprint density at radius 2 is 2.05 bits per heavy atom. The van der Waals surface area contributed by atoms with Crippen LogP contribution < -0.4 is 0 Å². The molecule has 1 fully saturated rings. The number of likely N-dealkylation sites (tertiary alicyclic amines) is 1. The lowest BCUT2D eigenvalue weighted by molar-refractivity contribution is 0.0583. The lowest BCUT2D eigenvalue weighted by Crippen LogP contribution is -2.45. The fourth-order valence-corrected chi connectivity index (χ4v) is 2.57. The van der Waals surface area contributed by atoms with E-state index in [1.54, 1.807) is 0 Å². The summed E-state index contributed by atoms with van der Waals surface area (Å²) in [6, 6.07) is 10.1. The first-order chi connectivity index (χ1) is 9.20. The van der Waals surface area contributed by atoms with Crippen LogP contribution >= 0.6 is 0 Å². The van der Waals surface area contributed by atoms with Gasteiger partial charge in [-0.3, -0.25) is 0 Å². The fraction of sp³-hybridized carbons (Fsp3) is 0.562. The highest BCUT2D eigenvalue weighted by Crippen LogP contribution is 2.24. The Hall–Kier alpha value is -1.51. The molecule has 0 radical (unpaired) electrons. The zero-order valence-electron chi connectivity index (χ0n) is 11.8. The first kappa shape index (κ1) is 13.9. The maximum Gasteiger partial charge on any atom is 0.410 e. The Balaban J connectivity index is 1.88. The maximum atomic E-state index is 12.1. The van der Waals surface area contributed by atoms with Gasteiger partial charge in [-0.05, 0) is 31.2 Å². The number of carbonyl (C=O) groups excluding carboxylic acids is 1. The summed E-state index contributed by atoms with van der Waals surface area (Å²) in [4.78, 5) is 14.0. The maximum absolute atomic E-state index is 12.1. The number of hydrogen-bond acceptors (Lipinski definition) is 2. The molecule has 0 unspecified atom stereocenters. The van der Waals surface area contributed by atoms with Crippen molar-refractivity contribution < 1.29 is 9.53 Å². The van der Waals surface area contributed by atoms with Crippen molar-refractivity contribution in [2.45, 2.75) is 45.8 Å². The number of rotatable bonds is 3. The van der Waals surface area contributed by atoms with Gasteiger partial charge in [0.2, 0.25) is 0 Å². The Morgan fingerprint density at radius 1 is 1.32 bits per heavy atom. The number of ether oxygens (including phenoxy) is 1. The first-order valence-electron chi connectivity index (χ1n) is 7.18. The van der Waals surface area contributed by atoms with Crippen LogP contribution in [0.1, 0.15) is 38.7 Å². The highest BCUT2D eigenvalue weighted by atomic mass is 16.6. The minimum absolute atomic E-state index is 0.172. The molecular weight excluding hydrogens is 238 g/mol. The molecule has 3 heteroatoms. The van der Waals surface area contributed by atoms with Crippen molar-refractivity contribution in [1.29, 1.82) is 0 Å². The molecule has 0 saturated carbocycles. The fourth-order valence-electron chi connectivity index (χ4n) is 2.57. The van der Waals surface area contributed by atoms with Crippen molar-refractivity contribution in [2.75, 3.05) is 6.54 Å². The van der Waals surface area contributed by atoms with E-state index in [4.69, 9.17) is 4.74 Å². The number of benzene rings is 1. The number of carbonyl (C=O) groups is 1. The van der Waals surface area contributed by atoms with E-state index in [0.29, 0.717) is 18.6 Å². The Kier molecular flexibility index (Phi) is 4.83. The van der Waals surface area contributed by atoms with Crippen LogP contribution in [0.15, 0.2) is 30.3 Å². The minimum Gasteiger partial charge on any atom is -0.445 e. The van der Waals surface area contributed by atoms with Gasteiger partial charge in [0.25, 0.3) is 0 Å². The Bertz CT molecular complexity index is 404. The van der Waals surface area contributed by atoms with Gasteiger partial charge in [0.05, 0.1) is 0 Å². The molecule has 1 aliphatic rings. The molecular formula is C16H23NO2. The standard InChI is InChI=1S/C16H23NO2/c1-3-14-10-9-13(2)17(11-14)16(18)19-12-15-7-5-4-6-8-15/h4-8,13-14H,3,9-12H2,1-2H3/t13-,14+/m0/s1. The predicted molar refractivity (Wildman–Crippen MR) is 75.8 cm³/mol. The topological polar surface area (TPSA) is 29.5 Å². The third kappa shape index (κ3) is 3.72. The van der Waals surface area contributed by atoms with Crippen LogP contribution in [0, 0.1) is 5.92 Å². The molecule has 0 N–H and O–H groups in total. The molecule has 0 aliphatic carbocycles. The third-order valence-electron chi connectivity index (χ3n) is 4.00. The minimum atomic E-state index is -0.172. The molecule has 1 aliphatic heterocycles. The van der Waals surface area contributed by atoms with Crippen LogP contribution in [0.4, 0.5) is 4.79 Å². The average molecular weight is 261 g/mol. The first-order valence-corrected chi connectivity index (χ1v) is 7.18. The van der Waals surface area contributed by atoms with E-state index in [9.17, 15) is 4.79 Å². The Labute approximate surface area is 115 Å². The predicted octanol–water partition coefficient (Wildman–Crippen LogP) is 3.83. The molecule has 0 bridgehead atoms. The lowest BCUT2D eigenvalue weighted by Gasteiger charge is -2.36. The van der Waals surface area contributed by atoms with Gasteiger partial charge < -0.3 is 9.64 Å². The van der Waals surface area contributed by atoms with E-state index in [2.05, 4.69) is 13.8 Å². The summed E-state index contributed by atoms with van der Waals surface area (Å²) in [5.41, 5.74) is 1.03. The van der Waals surface area contributed by atoms with Crippen molar-refractivity contribution in [3.63, 3.8) is 0 Å². The monoisotopic (exact) mass is 261 g/mol. The molecule has 2 rings (SSSR count). The quantitative estimate of drug-likeness (QED) is 0.827. The van der Waals surface area contributed by atoms with Gasteiger partial charge in [-0.25, -0.2) is 4.79 Å². The van der Waals surface area contributed by atoms with Gasteiger partial charge in [0.15, 0.2) is 0 Å². The second kappa shape index (κ2) is 6.60. The zero-order chi connectivity index (χ0) is 13.7. The normalized spacial score (nSPS) is 23.2. The molecule has 2 atom stereocenters. The van der Waals surface area contributed by atoms with Gasteiger partial charge in [0, 0.05) is 12.6 Å². The van der Waals surface area contributed by atoms with Crippen LogP contribution in [0.3, 0.4) is 0 Å². The van der Waals surface area contributed by atoms with Crippen molar-refractivity contribution in [2.24, 2.45) is 5.92 Å². The van der Waals surface area contributed by atoms with Gasteiger partial charge in [-0.15, -0.1) is 0 Å². The third-order valence-corrected chi connectivity index (χ3v) is 4.00. The Morgan fingerprint density at radius 3 is 2.74 bits per heavy atom. The molecule has 19 heavy (non-hydrogen) atoms. The molecule has 1 amide bonds. The molecule has 3 nitrogen and oxygen atoms in total. The summed E-state index contributed by atoms with van der Waals surface area (Å²) < 4.78 is 5.42. The smallest absolute Gasteiger partial charge is 0.410 e. The molecule has 1 aromatic rings. The SMILES string of the molecule is CC[C@@H]1CC[C@H](C)N(C(=O)OCc2ccccc2)C1. The second-order valence-electron chi connectivity index (χ2n) is 5.39. The molecule has 1 aromatic carbocycles. The summed E-state index contributed by atoms with van der Waals surface area (Å²) in [5.74, 6) is 0.625. The van der Waals surface area contributed by atoms with E-state index in [1.807, 2.05) is 35.2 Å². The highest BCUT2D eigenvalue weighted by Gasteiger charge is 2.29. The van der Waals surface area contributed by atoms with Crippen molar-refractivity contribution >= 4 is 6.09 Å². The molecule has 1 heterocycles. The van der Waals surface area contributed by atoms with Gasteiger partial charge in [0.1, 0.15) is 6.61 Å². The number of nitrogens with zero attached hydrogens (tertiary/aromatic N) is 1. The number of piperidine rings is 1. The molecule has 104 valence electrons. The van der Waals surface area contributed by atoms with E-state index in [0.717, 1.165) is 24.9 Å². The van der Waals surface area contributed by atoms with Crippen LogP contribution in [0.2, 0.25) is 0 Å². The van der Waals surface area contributed by atoms with Crippen LogP contribution in [0.5, 0.6) is 0 Å². The summed E-state index contributed by atoms with van der Waals surface area (Å²) in [7, 11) is 0. The molecule has 0 spiro atoms. The lowest BCUT2D eigenvalue weighted by atomic mass is 9.92. The van der Waals surface area contributed by atoms with Crippen molar-refractivity contribution in [1.82, 2.24) is 4.90 Å². The summed E-state index contributed by atoms with van der Waals surface area (Å²) in [6.45, 7) is 5.49. The second-order valence-corrected chi connectivity index (χ2v) is 5.39. The van der Waals surface area contributed by atoms with Gasteiger partial charge in [-0.1, -0.05) is 43.7 Å². The number of amides is 1. The largest absolute Gasteiger partial charge is 0.445 e. The summed E-state index contributed by atoms with van der Waals surface area (Å²) >= 11 is 0. The van der Waals surface area contributed by atoms with Crippen LogP contribution in [-0.4, -0.2) is 23.6 Å². The van der Waals surface area contributed by atoms with E-state index in [1.165, 1.54) is 6.42 Å². The van der Waals surface area contributed by atoms with Crippen LogP contribution in [0.25, 0.3) is 0 Å². The van der Waals surface area contributed by atoms with Gasteiger partial charge in [-0.2, -0.15) is 0 Å². The average Bonchev–Trinajstić information content (AvgIpc) is 2.46. The summed E-state index contributed by atoms with van der Waals surface area (Å²) in [6.07, 6.45) is 3.27. The van der Waals surface area contributed by atoms with E-state index >= 15 is 0 Å². The molecule has 0 aromatic heterocycles. The van der Waals surface area contributed by atoms with Gasteiger partial charge >= 0.3 is 6.09 Å². The zero-order valence-corrected chi connectivity index (χ0v) is 11.8. The van der Waals surface area contributed by atoms with E-state index < -0.39 is 0 Å². The summed E-state index contributed by atoms with van der Waals surface area (Å²) in [5, 5.41) is 0. The van der Waals surface area contributed by atoms with Crippen LogP contribution in [-0.2, 0) is 11.3 Å². The van der Waals surface area contributed by atoms with Crippen molar-refractivity contribution in [3.8, 4) is 0 Å². The number of hydrogen-bond donors (Lipinski definition) is 0. The van der Waals surface area contributed by atoms with Crippen molar-refractivity contribution in [3.05, 3.63) is 35.9 Å². The highest BCUT2D eigenvalue weighted by molar-refractivity contribution is 5.68.